The van der Waals surface area contributed by atoms with Crippen LogP contribution in [-0.4, -0.2) is 30.1 Å². The first-order valence-electron chi connectivity index (χ1n) is 6.93. The van der Waals surface area contributed by atoms with E-state index in [-0.39, 0.29) is 0 Å². The van der Waals surface area contributed by atoms with E-state index in [1.807, 2.05) is 0 Å². The van der Waals surface area contributed by atoms with Gasteiger partial charge in [-0.3, -0.25) is 4.90 Å². The molecule has 0 spiro atoms. The summed E-state index contributed by atoms with van der Waals surface area (Å²) in [6, 6.07) is 3.48. The number of likely N-dealkylation sites (tertiary alicyclic amines) is 1. The second kappa shape index (κ2) is 5.61. The molecular formula is C14H21BrN2S. The molecule has 4 heteroatoms. The van der Waals surface area contributed by atoms with E-state index >= 15 is 0 Å². The largest absolute Gasteiger partial charge is 0.327 e. The predicted octanol–water partition coefficient (Wildman–Crippen LogP) is 3.25. The quantitative estimate of drug-likeness (QED) is 0.922. The van der Waals surface area contributed by atoms with Crippen LogP contribution in [0.25, 0.3) is 0 Å². The van der Waals surface area contributed by atoms with Crippen LogP contribution in [0.2, 0.25) is 0 Å². The summed E-state index contributed by atoms with van der Waals surface area (Å²) in [7, 11) is 0. The molecule has 2 atom stereocenters. The van der Waals surface area contributed by atoms with Crippen molar-refractivity contribution in [2.45, 2.75) is 44.2 Å². The zero-order chi connectivity index (χ0) is 12.5. The lowest BCUT2D eigenvalue weighted by Gasteiger charge is -2.44. The average Bonchev–Trinajstić information content (AvgIpc) is 2.60. The Morgan fingerprint density at radius 1 is 1.39 bits per heavy atom. The van der Waals surface area contributed by atoms with E-state index < -0.39 is 0 Å². The SMILES string of the molecule is NC1CC(Cc2csc(Br)c2)CN(C2CCC2)C1. The van der Waals surface area contributed by atoms with Gasteiger partial charge in [0.05, 0.1) is 3.79 Å². The Morgan fingerprint density at radius 3 is 2.83 bits per heavy atom. The van der Waals surface area contributed by atoms with Crippen molar-refractivity contribution in [2.75, 3.05) is 13.1 Å². The van der Waals surface area contributed by atoms with Gasteiger partial charge in [-0.25, -0.2) is 0 Å². The molecule has 0 aromatic carbocycles. The van der Waals surface area contributed by atoms with Crippen molar-refractivity contribution in [3.63, 3.8) is 0 Å². The van der Waals surface area contributed by atoms with Crippen molar-refractivity contribution in [2.24, 2.45) is 11.7 Å². The lowest BCUT2D eigenvalue weighted by atomic mass is 9.85. The highest BCUT2D eigenvalue weighted by Crippen LogP contribution is 2.31. The van der Waals surface area contributed by atoms with Gasteiger partial charge in [0.15, 0.2) is 0 Å². The fraction of sp³-hybridized carbons (Fsp3) is 0.714. The highest BCUT2D eigenvalue weighted by atomic mass is 79.9. The van der Waals surface area contributed by atoms with Crippen molar-refractivity contribution in [3.05, 3.63) is 20.8 Å². The van der Waals surface area contributed by atoms with E-state index in [2.05, 4.69) is 32.3 Å². The first kappa shape index (κ1) is 13.1. The van der Waals surface area contributed by atoms with Gasteiger partial charge in [0.25, 0.3) is 0 Å². The van der Waals surface area contributed by atoms with Crippen LogP contribution in [0.4, 0.5) is 0 Å². The van der Waals surface area contributed by atoms with E-state index in [9.17, 15) is 0 Å². The Morgan fingerprint density at radius 2 is 2.22 bits per heavy atom. The maximum atomic E-state index is 6.24. The van der Waals surface area contributed by atoms with Crippen LogP contribution < -0.4 is 5.73 Å². The third kappa shape index (κ3) is 2.98. The molecule has 1 aliphatic heterocycles. The second-order valence-corrected chi connectivity index (χ2v) is 8.15. The summed E-state index contributed by atoms with van der Waals surface area (Å²) in [6.07, 6.45) is 6.58. The van der Waals surface area contributed by atoms with Crippen LogP contribution in [0.3, 0.4) is 0 Å². The minimum absolute atomic E-state index is 0.381. The molecule has 1 saturated carbocycles. The first-order valence-corrected chi connectivity index (χ1v) is 8.60. The van der Waals surface area contributed by atoms with Gasteiger partial charge >= 0.3 is 0 Å². The Labute approximate surface area is 122 Å². The lowest BCUT2D eigenvalue weighted by molar-refractivity contribution is 0.0669. The van der Waals surface area contributed by atoms with Crippen molar-refractivity contribution in [3.8, 4) is 0 Å². The molecule has 1 aromatic rings. The maximum absolute atomic E-state index is 6.24. The Balaban J connectivity index is 1.60. The predicted molar refractivity (Wildman–Crippen MR) is 81.0 cm³/mol. The zero-order valence-corrected chi connectivity index (χ0v) is 13.0. The molecule has 1 aliphatic carbocycles. The van der Waals surface area contributed by atoms with E-state index in [0.29, 0.717) is 6.04 Å². The first-order chi connectivity index (χ1) is 8.70. The third-order valence-corrected chi connectivity index (χ3v) is 5.89. The summed E-state index contributed by atoms with van der Waals surface area (Å²) in [5, 5.41) is 2.28. The fourth-order valence-corrected chi connectivity index (χ4v) is 4.49. The van der Waals surface area contributed by atoms with E-state index in [4.69, 9.17) is 5.73 Å². The Kier molecular flexibility index (Phi) is 4.09. The average molecular weight is 329 g/mol. The molecule has 2 aliphatic rings. The number of rotatable bonds is 3. The van der Waals surface area contributed by atoms with Crippen LogP contribution in [0.5, 0.6) is 0 Å². The van der Waals surface area contributed by atoms with Crippen LogP contribution in [0.15, 0.2) is 15.2 Å². The summed E-state index contributed by atoms with van der Waals surface area (Å²) in [4.78, 5) is 2.66. The van der Waals surface area contributed by atoms with E-state index in [1.54, 1.807) is 11.3 Å². The van der Waals surface area contributed by atoms with Gasteiger partial charge < -0.3 is 5.73 Å². The normalized spacial score (nSPS) is 30.3. The molecule has 0 radical (unpaired) electrons. The minimum atomic E-state index is 0.381. The molecule has 100 valence electrons. The standard InChI is InChI=1S/C14H21BrN2S/c15-14-6-11(9-18-14)4-10-5-12(16)8-17(7-10)13-2-1-3-13/h6,9-10,12-13H,1-5,7-8,16H2. The number of nitrogens with two attached hydrogens (primary N) is 1. The number of hydrogen-bond donors (Lipinski definition) is 1. The highest BCUT2D eigenvalue weighted by Gasteiger charge is 2.32. The van der Waals surface area contributed by atoms with Crippen LogP contribution >= 0.6 is 27.3 Å². The summed E-state index contributed by atoms with van der Waals surface area (Å²) >= 11 is 5.34. The Hall–Kier alpha value is 0.1000. The number of nitrogens with zero attached hydrogens (tertiary/aromatic N) is 1. The van der Waals surface area contributed by atoms with E-state index in [0.717, 1.165) is 18.5 Å². The topological polar surface area (TPSA) is 29.3 Å². The summed E-state index contributed by atoms with van der Waals surface area (Å²) in [5.74, 6) is 0.746. The maximum Gasteiger partial charge on any atom is 0.0701 e. The number of hydrogen-bond acceptors (Lipinski definition) is 3. The molecule has 2 unspecified atom stereocenters. The van der Waals surface area contributed by atoms with Gasteiger partial charge in [-0.05, 0) is 64.5 Å². The second-order valence-electron chi connectivity index (χ2n) is 5.86. The van der Waals surface area contributed by atoms with Crippen molar-refractivity contribution >= 4 is 27.3 Å². The van der Waals surface area contributed by atoms with Crippen molar-refractivity contribution in [1.82, 2.24) is 4.90 Å². The lowest BCUT2D eigenvalue weighted by Crippen LogP contribution is -2.53. The number of thiophene rings is 1. The molecule has 0 amide bonds. The van der Waals surface area contributed by atoms with E-state index in [1.165, 1.54) is 48.0 Å². The van der Waals surface area contributed by atoms with Gasteiger partial charge in [0.2, 0.25) is 0 Å². The van der Waals surface area contributed by atoms with Gasteiger partial charge in [-0.1, -0.05) is 6.42 Å². The molecule has 3 rings (SSSR count). The van der Waals surface area contributed by atoms with Gasteiger partial charge in [-0.15, -0.1) is 11.3 Å². The van der Waals surface area contributed by atoms with Crippen molar-refractivity contribution < 1.29 is 0 Å². The molecule has 0 bridgehead atoms. The van der Waals surface area contributed by atoms with Gasteiger partial charge in [-0.2, -0.15) is 0 Å². The molecule has 1 aromatic heterocycles. The molecule has 2 N–H and O–H groups in total. The third-order valence-electron chi connectivity index (χ3n) is 4.34. The molecular weight excluding hydrogens is 308 g/mol. The van der Waals surface area contributed by atoms with Gasteiger partial charge in [0.1, 0.15) is 0 Å². The molecule has 2 heterocycles. The van der Waals surface area contributed by atoms with Crippen LogP contribution in [0, 0.1) is 5.92 Å². The van der Waals surface area contributed by atoms with Crippen LogP contribution in [0.1, 0.15) is 31.2 Å². The van der Waals surface area contributed by atoms with Crippen molar-refractivity contribution in [1.29, 1.82) is 0 Å². The fourth-order valence-electron chi connectivity index (χ4n) is 3.27. The summed E-state index contributed by atoms with van der Waals surface area (Å²) in [5.41, 5.74) is 7.71. The number of piperidine rings is 1. The molecule has 2 nitrogen and oxygen atoms in total. The summed E-state index contributed by atoms with van der Waals surface area (Å²) in [6.45, 7) is 2.38. The smallest absolute Gasteiger partial charge is 0.0701 e. The minimum Gasteiger partial charge on any atom is -0.327 e. The van der Waals surface area contributed by atoms with Crippen LogP contribution in [-0.2, 0) is 6.42 Å². The van der Waals surface area contributed by atoms with Gasteiger partial charge in [0, 0.05) is 25.2 Å². The highest BCUT2D eigenvalue weighted by molar-refractivity contribution is 9.11. The Bertz CT molecular complexity index is 402. The molecule has 18 heavy (non-hydrogen) atoms. The number of halogens is 1. The monoisotopic (exact) mass is 328 g/mol. The zero-order valence-electron chi connectivity index (χ0n) is 10.6. The molecule has 1 saturated heterocycles. The summed E-state index contributed by atoms with van der Waals surface area (Å²) < 4.78 is 1.24. The molecule has 2 fully saturated rings.